The quantitative estimate of drug-likeness (QED) is 0.662. The lowest BCUT2D eigenvalue weighted by molar-refractivity contribution is 0.681. The molecule has 90 valence electrons. The van der Waals surface area contributed by atoms with E-state index >= 15 is 0 Å². The first-order chi connectivity index (χ1) is 8.22. The van der Waals surface area contributed by atoms with Crippen molar-refractivity contribution in [1.29, 1.82) is 0 Å². The molecular weight excluding hydrogens is 228 g/mol. The average molecular weight is 247 g/mol. The van der Waals surface area contributed by atoms with Gasteiger partial charge in [-0.3, -0.25) is 0 Å². The standard InChI is InChI=1S/C16H19Cl/c1-3-4-7-12(2)15-10-13-8-5-6-9-14(13)11-16(15)17/h10-12H,5-9H2,1-2H3. The molecule has 0 amide bonds. The molecule has 1 aliphatic carbocycles. The Morgan fingerprint density at radius 1 is 1.24 bits per heavy atom. The maximum atomic E-state index is 6.39. The van der Waals surface area contributed by atoms with Crippen LogP contribution in [-0.4, -0.2) is 0 Å². The Hall–Kier alpha value is -0.930. The summed E-state index contributed by atoms with van der Waals surface area (Å²) >= 11 is 6.39. The van der Waals surface area contributed by atoms with Crippen LogP contribution in [0.2, 0.25) is 5.02 Å². The van der Waals surface area contributed by atoms with Gasteiger partial charge in [0, 0.05) is 11.4 Å². The highest BCUT2D eigenvalue weighted by molar-refractivity contribution is 6.31. The van der Waals surface area contributed by atoms with Gasteiger partial charge in [0.05, 0.1) is 0 Å². The van der Waals surface area contributed by atoms with Crippen molar-refractivity contribution in [2.24, 2.45) is 0 Å². The predicted octanol–water partition coefficient (Wildman–Crippen LogP) is 4.74. The lowest BCUT2D eigenvalue weighted by Gasteiger charge is -2.20. The van der Waals surface area contributed by atoms with E-state index in [1.807, 2.05) is 6.92 Å². The van der Waals surface area contributed by atoms with Gasteiger partial charge in [-0.15, -0.1) is 11.8 Å². The van der Waals surface area contributed by atoms with Crippen LogP contribution in [0.15, 0.2) is 12.1 Å². The number of benzene rings is 1. The maximum Gasteiger partial charge on any atom is 0.0443 e. The summed E-state index contributed by atoms with van der Waals surface area (Å²) in [6.07, 6.45) is 5.93. The molecule has 1 atom stereocenters. The smallest absolute Gasteiger partial charge is 0.0443 e. The highest BCUT2D eigenvalue weighted by atomic mass is 35.5. The highest BCUT2D eigenvalue weighted by Crippen LogP contribution is 2.32. The van der Waals surface area contributed by atoms with E-state index < -0.39 is 0 Å². The normalized spacial score (nSPS) is 15.7. The van der Waals surface area contributed by atoms with Crippen molar-refractivity contribution in [2.75, 3.05) is 0 Å². The van der Waals surface area contributed by atoms with Crippen LogP contribution in [-0.2, 0) is 12.8 Å². The van der Waals surface area contributed by atoms with Gasteiger partial charge in [-0.2, -0.15) is 0 Å². The lowest BCUT2D eigenvalue weighted by Crippen LogP contribution is -2.05. The number of fused-ring (bicyclic) bond motifs is 1. The van der Waals surface area contributed by atoms with Crippen LogP contribution in [0.1, 0.15) is 55.7 Å². The summed E-state index contributed by atoms with van der Waals surface area (Å²) in [6, 6.07) is 4.50. The maximum absolute atomic E-state index is 6.39. The molecule has 0 fully saturated rings. The first-order valence-electron chi connectivity index (χ1n) is 6.43. The van der Waals surface area contributed by atoms with E-state index in [1.54, 1.807) is 0 Å². The molecule has 1 aliphatic rings. The fourth-order valence-corrected chi connectivity index (χ4v) is 2.89. The van der Waals surface area contributed by atoms with Crippen molar-refractivity contribution in [1.82, 2.24) is 0 Å². The Morgan fingerprint density at radius 3 is 2.53 bits per heavy atom. The van der Waals surface area contributed by atoms with Crippen molar-refractivity contribution in [3.05, 3.63) is 33.8 Å². The van der Waals surface area contributed by atoms with Crippen LogP contribution >= 0.6 is 11.6 Å². The molecule has 0 spiro atoms. The molecule has 2 rings (SSSR count). The van der Waals surface area contributed by atoms with Gasteiger partial charge in [0.2, 0.25) is 0 Å². The molecule has 0 bridgehead atoms. The third-order valence-corrected chi connectivity index (χ3v) is 3.90. The fraction of sp³-hybridized carbons (Fsp3) is 0.500. The summed E-state index contributed by atoms with van der Waals surface area (Å²) in [6.45, 7) is 4.10. The molecular formula is C16H19Cl. The fourth-order valence-electron chi connectivity index (χ4n) is 2.52. The second kappa shape index (κ2) is 5.61. The summed E-state index contributed by atoms with van der Waals surface area (Å²) in [7, 11) is 0. The molecule has 0 aromatic heterocycles. The first kappa shape index (κ1) is 12.5. The van der Waals surface area contributed by atoms with Gasteiger partial charge in [0.25, 0.3) is 0 Å². The van der Waals surface area contributed by atoms with Crippen LogP contribution in [0.3, 0.4) is 0 Å². The largest absolute Gasteiger partial charge is 0.107 e. The van der Waals surface area contributed by atoms with Crippen LogP contribution in [0.5, 0.6) is 0 Å². The minimum atomic E-state index is 0.433. The summed E-state index contributed by atoms with van der Waals surface area (Å²) in [4.78, 5) is 0. The van der Waals surface area contributed by atoms with Gasteiger partial charge in [-0.25, -0.2) is 0 Å². The second-order valence-electron chi connectivity index (χ2n) is 4.88. The van der Waals surface area contributed by atoms with Gasteiger partial charge in [0.1, 0.15) is 0 Å². The Morgan fingerprint density at radius 2 is 1.88 bits per heavy atom. The van der Waals surface area contributed by atoms with E-state index in [0.717, 1.165) is 11.4 Å². The van der Waals surface area contributed by atoms with Gasteiger partial charge < -0.3 is 0 Å². The van der Waals surface area contributed by atoms with E-state index in [9.17, 15) is 0 Å². The van der Waals surface area contributed by atoms with E-state index in [0.29, 0.717) is 5.92 Å². The average Bonchev–Trinajstić information content (AvgIpc) is 2.35. The van der Waals surface area contributed by atoms with Crippen LogP contribution in [0.25, 0.3) is 0 Å². The van der Waals surface area contributed by atoms with E-state index in [1.165, 1.54) is 42.4 Å². The molecule has 1 heteroatoms. The minimum absolute atomic E-state index is 0.433. The zero-order valence-electron chi connectivity index (χ0n) is 10.6. The number of hydrogen-bond donors (Lipinski definition) is 0. The summed E-state index contributed by atoms with van der Waals surface area (Å²) in [5.74, 6) is 6.53. The molecule has 0 N–H and O–H groups in total. The molecule has 0 saturated heterocycles. The highest BCUT2D eigenvalue weighted by Gasteiger charge is 2.15. The third kappa shape index (κ3) is 2.85. The van der Waals surface area contributed by atoms with Crippen molar-refractivity contribution >= 4 is 11.6 Å². The zero-order valence-corrected chi connectivity index (χ0v) is 11.4. The Balaban J connectivity index is 2.30. The number of aryl methyl sites for hydroxylation is 2. The molecule has 1 aromatic rings. The minimum Gasteiger partial charge on any atom is -0.107 e. The lowest BCUT2D eigenvalue weighted by atomic mass is 9.87. The van der Waals surface area contributed by atoms with Gasteiger partial charge in [-0.1, -0.05) is 24.6 Å². The Bertz CT molecular complexity index is 462. The van der Waals surface area contributed by atoms with E-state index in [2.05, 4.69) is 30.9 Å². The summed E-state index contributed by atoms with van der Waals surface area (Å²) < 4.78 is 0. The van der Waals surface area contributed by atoms with Gasteiger partial charge in [0.15, 0.2) is 0 Å². The van der Waals surface area contributed by atoms with E-state index in [-0.39, 0.29) is 0 Å². The predicted molar refractivity (Wildman–Crippen MR) is 74.6 cm³/mol. The topological polar surface area (TPSA) is 0 Å². The Labute approximate surface area is 109 Å². The molecule has 0 radical (unpaired) electrons. The molecule has 0 nitrogen and oxygen atoms in total. The molecule has 0 saturated carbocycles. The SMILES string of the molecule is CC#CCC(C)c1cc2c(cc1Cl)CCCC2. The van der Waals surface area contributed by atoms with E-state index in [4.69, 9.17) is 11.6 Å². The zero-order chi connectivity index (χ0) is 12.3. The summed E-state index contributed by atoms with van der Waals surface area (Å²) in [5.41, 5.74) is 4.24. The molecule has 1 aromatic carbocycles. The number of halogens is 1. The van der Waals surface area contributed by atoms with Crippen molar-refractivity contribution in [3.8, 4) is 11.8 Å². The van der Waals surface area contributed by atoms with Crippen LogP contribution in [0.4, 0.5) is 0 Å². The van der Waals surface area contributed by atoms with Gasteiger partial charge >= 0.3 is 0 Å². The number of hydrogen-bond acceptors (Lipinski definition) is 0. The monoisotopic (exact) mass is 246 g/mol. The number of rotatable bonds is 2. The molecule has 17 heavy (non-hydrogen) atoms. The van der Waals surface area contributed by atoms with Crippen molar-refractivity contribution in [3.63, 3.8) is 0 Å². The van der Waals surface area contributed by atoms with Crippen molar-refractivity contribution < 1.29 is 0 Å². The first-order valence-corrected chi connectivity index (χ1v) is 6.81. The summed E-state index contributed by atoms with van der Waals surface area (Å²) in [5, 5.41) is 0.927. The van der Waals surface area contributed by atoms with Gasteiger partial charge in [-0.05, 0) is 61.3 Å². The van der Waals surface area contributed by atoms with Crippen LogP contribution in [0, 0.1) is 11.8 Å². The Kier molecular flexibility index (Phi) is 4.13. The second-order valence-corrected chi connectivity index (χ2v) is 5.29. The molecule has 0 aliphatic heterocycles. The molecule has 0 heterocycles. The third-order valence-electron chi connectivity index (χ3n) is 3.58. The van der Waals surface area contributed by atoms with Crippen molar-refractivity contribution in [2.45, 2.75) is 51.9 Å². The van der Waals surface area contributed by atoms with Crippen LogP contribution < -0.4 is 0 Å². The molecule has 1 unspecified atom stereocenters.